The number of amides is 2. The van der Waals surface area contributed by atoms with Gasteiger partial charge in [-0.25, -0.2) is 18.6 Å². The largest absolute Gasteiger partial charge is 0.443 e. The Hall–Kier alpha value is -3.57. The highest BCUT2D eigenvalue weighted by molar-refractivity contribution is 7.23. The Balaban J connectivity index is 1.14. The lowest BCUT2D eigenvalue weighted by atomic mass is 10.1. The van der Waals surface area contributed by atoms with Crippen molar-refractivity contribution in [3.05, 3.63) is 53.5 Å². The number of carbonyl (C=O) groups is 2. The summed E-state index contributed by atoms with van der Waals surface area (Å²) in [5, 5.41) is 2.99. The summed E-state index contributed by atoms with van der Waals surface area (Å²) in [7, 11) is 0. The number of piperidine rings is 1. The molecule has 6 rings (SSSR count). The average molecular weight is 596 g/mol. The summed E-state index contributed by atoms with van der Waals surface area (Å²) in [6.07, 6.45) is 3.26. The number of carbonyl (C=O) groups excluding carboxylic acids is 2. The third-order valence-corrected chi connectivity index (χ3v) is 8.78. The van der Waals surface area contributed by atoms with Gasteiger partial charge in [0.05, 0.1) is 21.6 Å². The van der Waals surface area contributed by atoms with Gasteiger partial charge in [0.2, 0.25) is 0 Å². The molecule has 0 saturated carbocycles. The number of anilines is 1. The Morgan fingerprint density at radius 1 is 1.14 bits per heavy atom. The summed E-state index contributed by atoms with van der Waals surface area (Å²) in [5.41, 5.74) is 3.13. The van der Waals surface area contributed by atoms with Crippen LogP contribution in [0.15, 0.2) is 36.5 Å². The van der Waals surface area contributed by atoms with Crippen LogP contribution in [0.25, 0.3) is 26.4 Å². The molecule has 2 aromatic heterocycles. The van der Waals surface area contributed by atoms with Gasteiger partial charge in [-0.05, 0) is 88.9 Å². The number of halogens is 2. The van der Waals surface area contributed by atoms with E-state index >= 15 is 4.39 Å². The number of rotatable bonds is 6. The number of hydrogen-bond acceptors (Lipinski definition) is 6. The van der Waals surface area contributed by atoms with Gasteiger partial charge < -0.3 is 15.0 Å². The predicted molar refractivity (Wildman–Crippen MR) is 161 cm³/mol. The van der Waals surface area contributed by atoms with Crippen molar-refractivity contribution in [2.75, 3.05) is 37.6 Å². The minimum Gasteiger partial charge on any atom is -0.443 e. The lowest BCUT2D eigenvalue weighted by molar-refractivity contribution is 0.0583. The van der Waals surface area contributed by atoms with Crippen LogP contribution in [0.2, 0.25) is 0 Å². The third kappa shape index (κ3) is 5.85. The SMILES string of the molecule is CC(C)(C)OC(=O)N1CCc2cc(-c3cn4c(n3)sc3cc(C(=O)NCCCN5CCC(F)CC5)ccc34)c(F)cc21. The Morgan fingerprint density at radius 3 is 2.69 bits per heavy atom. The van der Waals surface area contributed by atoms with Crippen LogP contribution in [0, 0.1) is 5.82 Å². The number of thiazole rings is 1. The average Bonchev–Trinajstić information content (AvgIpc) is 3.62. The van der Waals surface area contributed by atoms with Gasteiger partial charge in [-0.1, -0.05) is 11.3 Å². The molecule has 11 heteroatoms. The molecule has 4 aromatic rings. The minimum atomic E-state index is -0.679. The molecule has 2 aromatic carbocycles. The van der Waals surface area contributed by atoms with Gasteiger partial charge in [-0.3, -0.25) is 14.1 Å². The second-order valence-electron chi connectivity index (χ2n) is 12.0. The van der Waals surface area contributed by atoms with E-state index in [2.05, 4.69) is 10.2 Å². The monoisotopic (exact) mass is 595 g/mol. The minimum absolute atomic E-state index is 0.133. The fraction of sp³-hybridized carbons (Fsp3) is 0.452. The molecule has 0 atom stereocenters. The van der Waals surface area contributed by atoms with E-state index in [4.69, 9.17) is 9.72 Å². The second-order valence-corrected chi connectivity index (χ2v) is 13.0. The summed E-state index contributed by atoms with van der Waals surface area (Å²) in [6.45, 7) is 8.81. The van der Waals surface area contributed by atoms with Crippen LogP contribution in [0.3, 0.4) is 0 Å². The van der Waals surface area contributed by atoms with E-state index in [-0.39, 0.29) is 5.91 Å². The smallest absolute Gasteiger partial charge is 0.414 e. The molecule has 2 amide bonds. The van der Waals surface area contributed by atoms with Gasteiger partial charge in [-0.15, -0.1) is 0 Å². The maximum absolute atomic E-state index is 15.4. The van der Waals surface area contributed by atoms with Crippen molar-refractivity contribution in [3.63, 3.8) is 0 Å². The number of hydrogen-bond donors (Lipinski definition) is 1. The topological polar surface area (TPSA) is 79.2 Å². The maximum atomic E-state index is 15.4. The highest BCUT2D eigenvalue weighted by atomic mass is 32.1. The van der Waals surface area contributed by atoms with Gasteiger partial charge in [0, 0.05) is 43.5 Å². The Morgan fingerprint density at radius 2 is 1.93 bits per heavy atom. The zero-order chi connectivity index (χ0) is 29.6. The number of aromatic nitrogens is 2. The number of fused-ring (bicyclic) bond motifs is 4. The van der Waals surface area contributed by atoms with Crippen molar-refractivity contribution in [1.82, 2.24) is 19.6 Å². The number of benzene rings is 2. The van der Waals surface area contributed by atoms with Crippen molar-refractivity contribution in [1.29, 1.82) is 0 Å². The van der Waals surface area contributed by atoms with Crippen LogP contribution < -0.4 is 10.2 Å². The lowest BCUT2D eigenvalue weighted by Gasteiger charge is -2.28. The van der Waals surface area contributed by atoms with Gasteiger partial charge in [0.15, 0.2) is 4.96 Å². The molecule has 8 nitrogen and oxygen atoms in total. The van der Waals surface area contributed by atoms with E-state index in [0.717, 1.165) is 41.8 Å². The molecule has 1 fully saturated rings. The second kappa shape index (κ2) is 11.3. The molecule has 0 aliphatic carbocycles. The molecule has 0 bridgehead atoms. The molecule has 42 heavy (non-hydrogen) atoms. The zero-order valence-electron chi connectivity index (χ0n) is 24.1. The molecule has 1 N–H and O–H groups in total. The van der Waals surface area contributed by atoms with Crippen LogP contribution >= 0.6 is 11.3 Å². The first kappa shape index (κ1) is 28.5. The van der Waals surface area contributed by atoms with E-state index in [1.165, 1.54) is 22.3 Å². The normalized spacial score (nSPS) is 16.4. The number of nitrogens with zero attached hydrogens (tertiary/aromatic N) is 4. The molecule has 2 aliphatic rings. The fourth-order valence-electron chi connectivity index (χ4n) is 5.62. The van der Waals surface area contributed by atoms with Crippen LogP contribution in [-0.4, -0.2) is 70.8 Å². The fourth-order valence-corrected chi connectivity index (χ4v) is 6.67. The third-order valence-electron chi connectivity index (χ3n) is 7.76. The first-order valence-electron chi connectivity index (χ1n) is 14.5. The number of nitrogens with one attached hydrogen (secondary N) is 1. The van der Waals surface area contributed by atoms with Gasteiger partial charge in [-0.2, -0.15) is 0 Å². The van der Waals surface area contributed by atoms with Crippen LogP contribution in [0.1, 0.15) is 56.0 Å². The van der Waals surface area contributed by atoms with E-state index in [1.807, 2.05) is 22.7 Å². The summed E-state index contributed by atoms with van der Waals surface area (Å²) in [4.78, 5) is 34.5. The van der Waals surface area contributed by atoms with Gasteiger partial charge in [0.1, 0.15) is 17.6 Å². The molecule has 0 radical (unpaired) electrons. The standard InChI is InChI=1S/C31H35F2N5O3S/c1-31(2,3)41-30(40)37-14-7-19-15-22(23(33)17-26(19)37)24-18-38-25-6-5-20(16-27(25)42-29(38)35-24)28(39)34-10-4-11-36-12-8-21(32)9-13-36/h5-6,15-18,21H,4,7-14H2,1-3H3,(H,34,39). The van der Waals surface area contributed by atoms with Gasteiger partial charge in [0.25, 0.3) is 5.91 Å². The Kier molecular flexibility index (Phi) is 7.65. The zero-order valence-corrected chi connectivity index (χ0v) is 24.9. The molecular formula is C31H35F2N5O3S. The number of likely N-dealkylation sites (tertiary alicyclic amines) is 1. The first-order chi connectivity index (χ1) is 20.1. The predicted octanol–water partition coefficient (Wildman–Crippen LogP) is 6.21. The van der Waals surface area contributed by atoms with Crippen molar-refractivity contribution in [2.24, 2.45) is 0 Å². The molecule has 2 aliphatic heterocycles. The van der Waals surface area contributed by atoms with E-state index in [9.17, 15) is 14.0 Å². The van der Waals surface area contributed by atoms with Crippen molar-refractivity contribution in [2.45, 2.75) is 58.2 Å². The summed E-state index contributed by atoms with van der Waals surface area (Å²) < 4.78 is 37.0. The van der Waals surface area contributed by atoms with Gasteiger partial charge >= 0.3 is 6.09 Å². The first-order valence-corrected chi connectivity index (χ1v) is 15.3. The summed E-state index contributed by atoms with van der Waals surface area (Å²) >= 11 is 1.44. The highest BCUT2D eigenvalue weighted by Crippen LogP contribution is 2.37. The van der Waals surface area contributed by atoms with Crippen molar-refractivity contribution >= 4 is 44.2 Å². The molecular weight excluding hydrogens is 560 g/mol. The Bertz CT molecular complexity index is 1650. The van der Waals surface area contributed by atoms with Crippen LogP contribution in [0.5, 0.6) is 0 Å². The molecule has 0 spiro atoms. The maximum Gasteiger partial charge on any atom is 0.414 e. The number of alkyl halides is 1. The molecule has 222 valence electrons. The van der Waals surface area contributed by atoms with E-state index in [0.29, 0.717) is 59.8 Å². The number of imidazole rings is 1. The molecule has 1 saturated heterocycles. The van der Waals surface area contributed by atoms with Crippen LogP contribution in [-0.2, 0) is 11.2 Å². The molecule has 4 heterocycles. The molecule has 0 unspecified atom stereocenters. The highest BCUT2D eigenvalue weighted by Gasteiger charge is 2.30. The van der Waals surface area contributed by atoms with Crippen molar-refractivity contribution < 1.29 is 23.1 Å². The number of ether oxygens (including phenoxy) is 1. The van der Waals surface area contributed by atoms with Crippen molar-refractivity contribution in [3.8, 4) is 11.3 Å². The van der Waals surface area contributed by atoms with E-state index in [1.54, 1.807) is 32.9 Å². The van der Waals surface area contributed by atoms with E-state index < -0.39 is 23.7 Å². The van der Waals surface area contributed by atoms with Crippen LogP contribution in [0.4, 0.5) is 19.3 Å². The summed E-state index contributed by atoms with van der Waals surface area (Å²) in [6, 6.07) is 8.70. The lowest BCUT2D eigenvalue weighted by Crippen LogP contribution is -2.36. The quantitative estimate of drug-likeness (QED) is 0.268. The Labute approximate surface area is 247 Å². The summed E-state index contributed by atoms with van der Waals surface area (Å²) in [5.74, 6) is -0.586.